The second-order valence-corrected chi connectivity index (χ2v) is 8.55. The standard InChI is InChI=1S/C17H17ClFN3O4S/c18-14-3-1-2-13(10-14)12-20-6-8-21(9-7-20)27(25,26)15-4-5-16(19)17(11-15)22(23)24/h1-5,10-11H,6-9,12H2. The van der Waals surface area contributed by atoms with E-state index in [2.05, 4.69) is 4.90 Å². The molecule has 0 atom stereocenters. The highest BCUT2D eigenvalue weighted by molar-refractivity contribution is 7.89. The summed E-state index contributed by atoms with van der Waals surface area (Å²) in [5.41, 5.74) is 0.184. The van der Waals surface area contributed by atoms with Crippen molar-refractivity contribution >= 4 is 27.3 Å². The minimum absolute atomic E-state index is 0.244. The fourth-order valence-electron chi connectivity index (χ4n) is 2.96. The number of nitrogens with zero attached hydrogens (tertiary/aromatic N) is 3. The van der Waals surface area contributed by atoms with Crippen LogP contribution in [-0.2, 0) is 16.6 Å². The van der Waals surface area contributed by atoms with Gasteiger partial charge in [0.25, 0.3) is 0 Å². The van der Waals surface area contributed by atoms with Crippen LogP contribution in [0.15, 0.2) is 47.4 Å². The Kier molecular flexibility index (Phi) is 5.75. The largest absolute Gasteiger partial charge is 0.306 e. The smallest absolute Gasteiger partial charge is 0.296 e. The number of piperazine rings is 1. The Morgan fingerprint density at radius 2 is 1.81 bits per heavy atom. The van der Waals surface area contributed by atoms with E-state index in [1.165, 1.54) is 4.31 Å². The average molecular weight is 414 g/mol. The summed E-state index contributed by atoms with van der Waals surface area (Å²) < 4.78 is 40.2. The van der Waals surface area contributed by atoms with E-state index < -0.39 is 26.5 Å². The van der Waals surface area contributed by atoms with E-state index in [9.17, 15) is 22.9 Å². The summed E-state index contributed by atoms with van der Waals surface area (Å²) >= 11 is 5.98. The van der Waals surface area contributed by atoms with E-state index in [0.717, 1.165) is 23.8 Å². The summed E-state index contributed by atoms with van der Waals surface area (Å²) in [6.45, 7) is 2.16. The molecular formula is C17H17ClFN3O4S. The van der Waals surface area contributed by atoms with E-state index in [1.807, 2.05) is 18.2 Å². The van der Waals surface area contributed by atoms with E-state index in [1.54, 1.807) is 6.07 Å². The van der Waals surface area contributed by atoms with Crippen LogP contribution in [0, 0.1) is 15.9 Å². The minimum atomic E-state index is -3.92. The van der Waals surface area contributed by atoms with Gasteiger partial charge >= 0.3 is 5.69 Å². The molecule has 0 unspecified atom stereocenters. The highest BCUT2D eigenvalue weighted by atomic mass is 35.5. The molecule has 0 saturated carbocycles. The maximum Gasteiger partial charge on any atom is 0.306 e. The molecule has 0 amide bonds. The Balaban J connectivity index is 1.69. The second-order valence-electron chi connectivity index (χ2n) is 6.18. The highest BCUT2D eigenvalue weighted by Gasteiger charge is 2.30. The molecule has 0 radical (unpaired) electrons. The summed E-state index contributed by atoms with van der Waals surface area (Å²) in [7, 11) is -3.92. The van der Waals surface area contributed by atoms with Crippen molar-refractivity contribution in [2.45, 2.75) is 11.4 Å². The molecule has 0 bridgehead atoms. The van der Waals surface area contributed by atoms with Crippen molar-refractivity contribution in [1.29, 1.82) is 0 Å². The topological polar surface area (TPSA) is 83.8 Å². The Labute approximate surface area is 161 Å². The second kappa shape index (κ2) is 7.89. The summed E-state index contributed by atoms with van der Waals surface area (Å²) in [6.07, 6.45) is 0. The average Bonchev–Trinajstić information content (AvgIpc) is 2.62. The predicted molar refractivity (Wildman–Crippen MR) is 98.5 cm³/mol. The van der Waals surface area contributed by atoms with Crippen LogP contribution in [0.1, 0.15) is 5.56 Å². The van der Waals surface area contributed by atoms with Gasteiger partial charge in [0.2, 0.25) is 15.8 Å². The Bertz CT molecular complexity index is 962. The number of nitro groups is 1. The van der Waals surface area contributed by atoms with Gasteiger partial charge in [0, 0.05) is 43.8 Å². The third-order valence-corrected chi connectivity index (χ3v) is 6.51. The van der Waals surface area contributed by atoms with Gasteiger partial charge in [-0.3, -0.25) is 15.0 Å². The first-order valence-electron chi connectivity index (χ1n) is 8.18. The number of benzene rings is 2. The van der Waals surface area contributed by atoms with Crippen LogP contribution >= 0.6 is 11.6 Å². The van der Waals surface area contributed by atoms with Crippen molar-refractivity contribution in [3.63, 3.8) is 0 Å². The maximum absolute atomic E-state index is 13.5. The first-order chi connectivity index (χ1) is 12.8. The molecule has 27 heavy (non-hydrogen) atoms. The zero-order chi connectivity index (χ0) is 19.6. The van der Waals surface area contributed by atoms with Crippen molar-refractivity contribution in [1.82, 2.24) is 9.21 Å². The van der Waals surface area contributed by atoms with Gasteiger partial charge in [0.1, 0.15) is 0 Å². The molecule has 2 aromatic rings. The normalized spacial score (nSPS) is 16.4. The highest BCUT2D eigenvalue weighted by Crippen LogP contribution is 2.25. The number of nitro benzene ring substituents is 1. The predicted octanol–water partition coefficient (Wildman–Crippen LogP) is 2.89. The number of sulfonamides is 1. The molecule has 1 fully saturated rings. The van der Waals surface area contributed by atoms with Crippen molar-refractivity contribution in [3.8, 4) is 0 Å². The van der Waals surface area contributed by atoms with Crippen LogP contribution < -0.4 is 0 Å². The van der Waals surface area contributed by atoms with Gasteiger partial charge in [0.05, 0.1) is 9.82 Å². The molecule has 1 saturated heterocycles. The van der Waals surface area contributed by atoms with E-state index >= 15 is 0 Å². The third-order valence-electron chi connectivity index (χ3n) is 4.38. The summed E-state index contributed by atoms with van der Waals surface area (Å²) in [4.78, 5) is 11.7. The van der Waals surface area contributed by atoms with Gasteiger partial charge < -0.3 is 0 Å². The van der Waals surface area contributed by atoms with E-state index in [0.29, 0.717) is 24.7 Å². The SMILES string of the molecule is O=[N+]([O-])c1cc(S(=O)(=O)N2CCN(Cc3cccc(Cl)c3)CC2)ccc1F. The first-order valence-corrected chi connectivity index (χ1v) is 10.00. The molecule has 10 heteroatoms. The Hall–Kier alpha value is -2.07. The molecule has 0 N–H and O–H groups in total. The zero-order valence-electron chi connectivity index (χ0n) is 14.2. The van der Waals surface area contributed by atoms with Crippen molar-refractivity contribution < 1.29 is 17.7 Å². The molecule has 7 nitrogen and oxygen atoms in total. The number of hydrogen-bond acceptors (Lipinski definition) is 5. The van der Waals surface area contributed by atoms with Gasteiger partial charge in [-0.25, -0.2) is 8.42 Å². The zero-order valence-corrected chi connectivity index (χ0v) is 15.8. The first kappa shape index (κ1) is 19.7. The van der Waals surface area contributed by atoms with Crippen LogP contribution in [0.5, 0.6) is 0 Å². The lowest BCUT2D eigenvalue weighted by molar-refractivity contribution is -0.387. The molecule has 144 valence electrons. The van der Waals surface area contributed by atoms with Crippen LogP contribution in [0.25, 0.3) is 0 Å². The summed E-state index contributed by atoms with van der Waals surface area (Å²) in [6, 6.07) is 10.1. The van der Waals surface area contributed by atoms with E-state index in [-0.39, 0.29) is 18.0 Å². The minimum Gasteiger partial charge on any atom is -0.296 e. The molecule has 3 rings (SSSR count). The molecule has 1 aliphatic rings. The third kappa shape index (κ3) is 4.44. The molecule has 1 heterocycles. The van der Waals surface area contributed by atoms with Crippen LogP contribution in [0.3, 0.4) is 0 Å². The fraction of sp³-hybridized carbons (Fsp3) is 0.294. The lowest BCUT2D eigenvalue weighted by Crippen LogP contribution is -2.48. The molecule has 0 aliphatic carbocycles. The van der Waals surface area contributed by atoms with Gasteiger partial charge in [-0.1, -0.05) is 23.7 Å². The van der Waals surface area contributed by atoms with Gasteiger partial charge in [-0.05, 0) is 29.8 Å². The Morgan fingerprint density at radius 1 is 1.11 bits per heavy atom. The van der Waals surface area contributed by atoms with Gasteiger partial charge in [0.15, 0.2) is 0 Å². The van der Waals surface area contributed by atoms with Crippen LogP contribution in [0.2, 0.25) is 5.02 Å². The quantitative estimate of drug-likeness (QED) is 0.556. The molecule has 1 aliphatic heterocycles. The monoisotopic (exact) mass is 413 g/mol. The number of hydrogen-bond donors (Lipinski definition) is 0. The fourth-order valence-corrected chi connectivity index (χ4v) is 4.62. The maximum atomic E-state index is 13.5. The molecule has 0 aromatic heterocycles. The number of halogens is 2. The van der Waals surface area contributed by atoms with Crippen LogP contribution in [-0.4, -0.2) is 48.7 Å². The lowest BCUT2D eigenvalue weighted by Gasteiger charge is -2.34. The molecule has 0 spiro atoms. The van der Waals surface area contributed by atoms with Crippen molar-refractivity contribution in [2.24, 2.45) is 0 Å². The summed E-state index contributed by atoms with van der Waals surface area (Å²) in [5, 5.41) is 11.5. The van der Waals surface area contributed by atoms with Crippen molar-refractivity contribution in [3.05, 3.63) is 69.0 Å². The Morgan fingerprint density at radius 3 is 2.44 bits per heavy atom. The van der Waals surface area contributed by atoms with Crippen molar-refractivity contribution in [2.75, 3.05) is 26.2 Å². The summed E-state index contributed by atoms with van der Waals surface area (Å²) in [5.74, 6) is -1.06. The van der Waals surface area contributed by atoms with Gasteiger partial charge in [-0.15, -0.1) is 0 Å². The molecule has 2 aromatic carbocycles. The molecular weight excluding hydrogens is 397 g/mol. The van der Waals surface area contributed by atoms with Gasteiger partial charge in [-0.2, -0.15) is 8.70 Å². The lowest BCUT2D eigenvalue weighted by atomic mass is 10.2. The van der Waals surface area contributed by atoms with E-state index in [4.69, 9.17) is 11.6 Å². The van der Waals surface area contributed by atoms with Crippen LogP contribution in [0.4, 0.5) is 10.1 Å². The number of rotatable bonds is 5.